The van der Waals surface area contributed by atoms with Crippen molar-refractivity contribution in [1.82, 2.24) is 0 Å². The summed E-state index contributed by atoms with van der Waals surface area (Å²) in [6, 6.07) is 0. The van der Waals surface area contributed by atoms with E-state index in [1.54, 1.807) is 0 Å². The van der Waals surface area contributed by atoms with Crippen molar-refractivity contribution in [2.75, 3.05) is 12.3 Å². The molecule has 0 bridgehead atoms. The first kappa shape index (κ1) is 28.7. The molecular weight excluding hydrogens is 564 g/mol. The van der Waals surface area contributed by atoms with Gasteiger partial charge in [-0.05, 0) is 74.0 Å². The molecule has 0 aromatic carbocycles. The zero-order valence-corrected chi connectivity index (χ0v) is 25.2. The minimum absolute atomic E-state index is 0. The van der Waals surface area contributed by atoms with Crippen LogP contribution in [0.15, 0.2) is 0 Å². The van der Waals surface area contributed by atoms with Crippen molar-refractivity contribution < 1.29 is 20.4 Å². The molecule has 0 N–H and O–H groups in total. The van der Waals surface area contributed by atoms with Crippen LogP contribution in [0.25, 0.3) is 0 Å². The molecule has 4 aliphatic rings. The number of alkyl halides is 2. The van der Waals surface area contributed by atoms with Crippen molar-refractivity contribution in [3.63, 3.8) is 0 Å². The summed E-state index contributed by atoms with van der Waals surface area (Å²) >= 11 is 14.8. The van der Waals surface area contributed by atoms with Crippen LogP contribution < -0.4 is 0 Å². The van der Waals surface area contributed by atoms with Crippen LogP contribution in [0.4, 0.5) is 0 Å². The first-order chi connectivity index (χ1) is 15.1. The fourth-order valence-electron chi connectivity index (χ4n) is 7.35. The Morgan fingerprint density at radius 2 is 0.656 bits per heavy atom. The predicted octanol–water partition coefficient (Wildman–Crippen LogP) is 10.5. The standard InChI is InChI=1S/C27H48Cl2P2.Pd/c28-27(29,21-30(23-13-5-1-6-14-23)24-15-7-2-8-16-24)22-31(25-17-9-3-10-18-25)26-19-11-4-12-20-26;/h23-26H,1-22H2;/q;+2. The molecule has 4 aliphatic carbocycles. The molecule has 5 heteroatoms. The molecule has 0 spiro atoms. The third-order valence-electron chi connectivity index (χ3n) is 9.00. The first-order valence-electron chi connectivity index (χ1n) is 14.0. The molecule has 0 heterocycles. The van der Waals surface area contributed by atoms with Gasteiger partial charge >= 0.3 is 20.4 Å². The summed E-state index contributed by atoms with van der Waals surface area (Å²) in [7, 11) is -0.00800. The Morgan fingerprint density at radius 3 is 0.875 bits per heavy atom. The molecule has 0 unspecified atom stereocenters. The van der Waals surface area contributed by atoms with Gasteiger partial charge in [-0.15, -0.1) is 23.2 Å². The number of hydrogen-bond donors (Lipinski definition) is 0. The minimum atomic E-state index is -0.443. The van der Waals surface area contributed by atoms with Crippen molar-refractivity contribution >= 4 is 39.0 Å². The second-order valence-electron chi connectivity index (χ2n) is 11.4. The average molecular weight is 612 g/mol. The van der Waals surface area contributed by atoms with E-state index in [0.717, 1.165) is 22.6 Å². The first-order valence-corrected chi connectivity index (χ1v) is 18.1. The quantitative estimate of drug-likeness (QED) is 0.146. The average Bonchev–Trinajstić information content (AvgIpc) is 2.83. The maximum absolute atomic E-state index is 7.40. The van der Waals surface area contributed by atoms with E-state index in [2.05, 4.69) is 0 Å². The molecule has 188 valence electrons. The predicted molar refractivity (Wildman–Crippen MR) is 146 cm³/mol. The molecule has 0 aromatic rings. The maximum atomic E-state index is 7.40. The van der Waals surface area contributed by atoms with Crippen molar-refractivity contribution in [2.24, 2.45) is 0 Å². The van der Waals surface area contributed by atoms with Gasteiger partial charge in [0.15, 0.2) is 0 Å². The van der Waals surface area contributed by atoms with Gasteiger partial charge < -0.3 is 0 Å². The van der Waals surface area contributed by atoms with Crippen LogP contribution in [0.5, 0.6) is 0 Å². The number of halogens is 2. The molecular formula is C27H48Cl2P2Pd+2. The van der Waals surface area contributed by atoms with E-state index in [-0.39, 0.29) is 36.3 Å². The molecule has 32 heavy (non-hydrogen) atoms. The molecule has 0 amide bonds. The minimum Gasteiger partial charge on any atom is -0.101 e. The van der Waals surface area contributed by atoms with Crippen molar-refractivity contribution in [1.29, 1.82) is 0 Å². The van der Waals surface area contributed by atoms with Crippen LogP contribution in [0, 0.1) is 0 Å². The second-order valence-corrected chi connectivity index (χ2v) is 18.6. The summed E-state index contributed by atoms with van der Waals surface area (Å²) in [4.78, 5) is 0. The van der Waals surface area contributed by atoms with Crippen LogP contribution in [-0.2, 0) is 20.4 Å². The van der Waals surface area contributed by atoms with Gasteiger partial charge in [0.2, 0.25) is 0 Å². The van der Waals surface area contributed by atoms with E-state index < -0.39 is 4.33 Å². The Kier molecular flexibility index (Phi) is 13.2. The van der Waals surface area contributed by atoms with Gasteiger partial charge in [-0.3, -0.25) is 0 Å². The van der Waals surface area contributed by atoms with Crippen molar-refractivity contribution in [3.05, 3.63) is 0 Å². The van der Waals surface area contributed by atoms with E-state index in [0.29, 0.717) is 0 Å². The van der Waals surface area contributed by atoms with Gasteiger partial charge in [-0.2, -0.15) is 0 Å². The maximum Gasteiger partial charge on any atom is 2.00 e. The molecule has 4 saturated carbocycles. The summed E-state index contributed by atoms with van der Waals surface area (Å²) in [5.41, 5.74) is 3.89. The summed E-state index contributed by atoms with van der Waals surface area (Å²) in [6.45, 7) is 0. The van der Waals surface area contributed by atoms with Crippen LogP contribution in [0.3, 0.4) is 0 Å². The molecule has 4 rings (SSSR count). The topological polar surface area (TPSA) is 0 Å². The molecule has 0 aliphatic heterocycles. The van der Waals surface area contributed by atoms with E-state index in [1.165, 1.54) is 141 Å². The van der Waals surface area contributed by atoms with E-state index in [1.807, 2.05) is 0 Å². The Labute approximate surface area is 226 Å². The van der Waals surface area contributed by atoms with Gasteiger partial charge in [0.1, 0.15) is 4.33 Å². The Morgan fingerprint density at radius 1 is 0.438 bits per heavy atom. The van der Waals surface area contributed by atoms with Crippen LogP contribution >= 0.6 is 39.0 Å². The van der Waals surface area contributed by atoms with E-state index >= 15 is 0 Å². The third-order valence-corrected chi connectivity index (χ3v) is 17.9. The van der Waals surface area contributed by atoms with Crippen LogP contribution in [-0.4, -0.2) is 39.3 Å². The van der Waals surface area contributed by atoms with Crippen LogP contribution in [0.2, 0.25) is 0 Å². The molecule has 0 atom stereocenters. The van der Waals surface area contributed by atoms with E-state index in [4.69, 9.17) is 23.2 Å². The molecule has 4 fully saturated rings. The smallest absolute Gasteiger partial charge is 0.101 e. The van der Waals surface area contributed by atoms with Gasteiger partial charge in [-0.25, -0.2) is 0 Å². The SMILES string of the molecule is ClC(Cl)(CP(C1CCCCC1)C1CCCCC1)CP(C1CCCCC1)C1CCCCC1.[Pd+2]. The van der Waals surface area contributed by atoms with Gasteiger partial charge in [0.05, 0.1) is 0 Å². The Bertz CT molecular complexity index is 428. The summed E-state index contributed by atoms with van der Waals surface area (Å²) in [6.07, 6.45) is 31.7. The van der Waals surface area contributed by atoms with Crippen LogP contribution in [0.1, 0.15) is 128 Å². The third kappa shape index (κ3) is 8.60. The van der Waals surface area contributed by atoms with Crippen molar-refractivity contribution in [2.45, 2.75) is 155 Å². The number of rotatable bonds is 8. The Balaban J connectivity index is 0.00000289. The molecule has 0 radical (unpaired) electrons. The second kappa shape index (κ2) is 14.7. The van der Waals surface area contributed by atoms with Gasteiger partial charge in [0.25, 0.3) is 0 Å². The monoisotopic (exact) mass is 610 g/mol. The molecule has 0 aromatic heterocycles. The van der Waals surface area contributed by atoms with E-state index in [9.17, 15) is 0 Å². The summed E-state index contributed by atoms with van der Waals surface area (Å²) in [5.74, 6) is 0. The number of hydrogen-bond acceptors (Lipinski definition) is 0. The molecule has 0 nitrogen and oxygen atoms in total. The zero-order chi connectivity index (χ0) is 21.5. The van der Waals surface area contributed by atoms with Gasteiger partial charge in [0, 0.05) is 12.3 Å². The van der Waals surface area contributed by atoms with Crippen molar-refractivity contribution in [3.8, 4) is 0 Å². The zero-order valence-electron chi connectivity index (χ0n) is 20.3. The fourth-order valence-corrected chi connectivity index (χ4v) is 16.8. The fraction of sp³-hybridized carbons (Fsp3) is 1.00. The van der Waals surface area contributed by atoms with Gasteiger partial charge in [-0.1, -0.05) is 92.9 Å². The Hall–Kier alpha value is 2.10. The summed E-state index contributed by atoms with van der Waals surface area (Å²) in [5, 5.41) is 0. The largest absolute Gasteiger partial charge is 2.00 e. The summed E-state index contributed by atoms with van der Waals surface area (Å²) < 4.78 is -0.443. The molecule has 0 saturated heterocycles. The normalized spacial score (nSPS) is 25.9.